The zero-order valence-electron chi connectivity index (χ0n) is 28.2. The van der Waals surface area contributed by atoms with Crippen molar-refractivity contribution in [1.82, 2.24) is 4.57 Å². The number of imidazole rings is 1. The highest BCUT2D eigenvalue weighted by molar-refractivity contribution is 4.79. The fraction of sp³-hybridized carbons (Fsp3) is 0.921. The monoisotopic (exact) mass is 560 g/mol. The molecule has 0 aromatic carbocycles. The molecule has 2 nitrogen and oxygen atoms in total. The summed E-state index contributed by atoms with van der Waals surface area (Å²) in [5.41, 5.74) is 0. The normalized spacial score (nSPS) is 11.6. The van der Waals surface area contributed by atoms with Crippen LogP contribution in [-0.2, 0) is 13.1 Å². The van der Waals surface area contributed by atoms with Crippen LogP contribution in [0.25, 0.3) is 0 Å². The maximum atomic E-state index is 2.49. The van der Waals surface area contributed by atoms with Crippen molar-refractivity contribution in [2.45, 2.75) is 226 Å². The molecule has 0 fully saturated rings. The van der Waals surface area contributed by atoms with Gasteiger partial charge < -0.3 is 0 Å². The van der Waals surface area contributed by atoms with Crippen LogP contribution in [0.5, 0.6) is 0 Å². The quantitative estimate of drug-likeness (QED) is 0.0613. The lowest BCUT2D eigenvalue weighted by Crippen LogP contribution is -2.35. The number of nitrogens with zero attached hydrogens (tertiary/aromatic N) is 2. The minimum Gasteiger partial charge on any atom is -0.234 e. The van der Waals surface area contributed by atoms with Gasteiger partial charge in [-0.05, 0) is 25.7 Å². The van der Waals surface area contributed by atoms with Crippen molar-refractivity contribution in [2.24, 2.45) is 0 Å². The molecule has 0 radical (unpaired) electrons. The molecule has 1 rings (SSSR count). The first kappa shape index (κ1) is 37.2. The summed E-state index contributed by atoms with van der Waals surface area (Å²) in [5, 5.41) is 0. The van der Waals surface area contributed by atoms with Gasteiger partial charge in [-0.2, -0.15) is 0 Å². The molecule has 0 aliphatic rings. The Hall–Kier alpha value is -0.790. The molecule has 0 amide bonds. The predicted octanol–water partition coefficient (Wildman–Crippen LogP) is 12.8. The highest BCUT2D eigenvalue weighted by atomic mass is 15.1. The second-order valence-corrected chi connectivity index (χ2v) is 13.1. The van der Waals surface area contributed by atoms with Crippen molar-refractivity contribution >= 4 is 0 Å². The van der Waals surface area contributed by atoms with Crippen molar-refractivity contribution in [3.63, 3.8) is 0 Å². The maximum absolute atomic E-state index is 2.49. The summed E-state index contributed by atoms with van der Waals surface area (Å²) < 4.78 is 4.99. The van der Waals surface area contributed by atoms with Gasteiger partial charge in [0.1, 0.15) is 12.4 Å². The van der Waals surface area contributed by atoms with Crippen LogP contribution in [0.1, 0.15) is 212 Å². The van der Waals surface area contributed by atoms with Gasteiger partial charge in [0.2, 0.25) is 0 Å². The summed E-state index contributed by atoms with van der Waals surface area (Å²) in [6.45, 7) is 9.33. The van der Waals surface area contributed by atoms with E-state index in [0.29, 0.717) is 0 Å². The third-order valence-corrected chi connectivity index (χ3v) is 9.26. The average Bonchev–Trinajstić information content (AvgIpc) is 3.31. The molecule has 0 N–H and O–H groups in total. The number of rotatable bonds is 32. The Morgan fingerprint density at radius 1 is 0.425 bits per heavy atom. The summed E-state index contributed by atoms with van der Waals surface area (Å²) in [6.07, 6.45) is 47.9. The Bertz CT molecular complexity index is 619. The summed E-state index contributed by atoms with van der Waals surface area (Å²) >= 11 is 0. The Morgan fingerprint density at radius 2 is 0.725 bits per heavy atom. The molecule has 40 heavy (non-hydrogen) atoms. The molecule has 1 aromatic heterocycles. The standard InChI is InChI=1S/C38H75N2/c1-4-6-8-10-12-14-16-18-19-20-21-23-25-27-29-31-33-35-40-37-36-39(38(40)3)34-32-30-28-26-24-22-17-15-13-11-9-7-5-2/h36-37H,4-35H2,1-3H3/q+1. The van der Waals surface area contributed by atoms with Gasteiger partial charge in [-0.1, -0.05) is 181 Å². The molecule has 0 saturated heterocycles. The van der Waals surface area contributed by atoms with E-state index in [-0.39, 0.29) is 0 Å². The first-order valence-electron chi connectivity index (χ1n) is 18.8. The van der Waals surface area contributed by atoms with E-state index in [1.165, 1.54) is 212 Å². The minimum atomic E-state index is 1.20. The Labute approximate surface area is 253 Å². The second kappa shape index (κ2) is 29.7. The average molecular weight is 560 g/mol. The van der Waals surface area contributed by atoms with Crippen LogP contribution in [0.4, 0.5) is 0 Å². The minimum absolute atomic E-state index is 1.20. The van der Waals surface area contributed by atoms with Gasteiger partial charge in [0.05, 0.1) is 13.1 Å². The molecule has 1 heterocycles. The Kier molecular flexibility index (Phi) is 27.6. The van der Waals surface area contributed by atoms with Gasteiger partial charge in [0.25, 0.3) is 5.82 Å². The predicted molar refractivity (Wildman–Crippen MR) is 179 cm³/mol. The molecule has 0 spiro atoms. The van der Waals surface area contributed by atoms with Gasteiger partial charge in [-0.15, -0.1) is 0 Å². The lowest BCUT2D eigenvalue weighted by Gasteiger charge is -2.04. The van der Waals surface area contributed by atoms with E-state index in [9.17, 15) is 0 Å². The number of hydrogen-bond acceptors (Lipinski definition) is 0. The molecule has 236 valence electrons. The summed E-state index contributed by atoms with van der Waals surface area (Å²) in [5.74, 6) is 1.45. The molecule has 0 aliphatic carbocycles. The van der Waals surface area contributed by atoms with Crippen LogP contribution < -0.4 is 4.57 Å². The van der Waals surface area contributed by atoms with Crippen LogP contribution in [0, 0.1) is 6.92 Å². The van der Waals surface area contributed by atoms with E-state index in [1.807, 2.05) is 0 Å². The maximum Gasteiger partial charge on any atom is 0.253 e. The number of hydrogen-bond donors (Lipinski definition) is 0. The molecule has 0 bridgehead atoms. The van der Waals surface area contributed by atoms with Crippen molar-refractivity contribution in [2.75, 3.05) is 0 Å². The fourth-order valence-corrected chi connectivity index (χ4v) is 6.32. The zero-order chi connectivity index (χ0) is 28.8. The van der Waals surface area contributed by atoms with E-state index < -0.39 is 0 Å². The summed E-state index contributed by atoms with van der Waals surface area (Å²) in [6, 6.07) is 0. The molecule has 0 atom stereocenters. The lowest BCUT2D eigenvalue weighted by molar-refractivity contribution is -0.702. The first-order chi connectivity index (χ1) is 19.8. The van der Waals surface area contributed by atoms with Crippen molar-refractivity contribution in [3.05, 3.63) is 18.2 Å². The molecule has 1 aromatic rings. The smallest absolute Gasteiger partial charge is 0.234 e. The Morgan fingerprint density at radius 3 is 1.07 bits per heavy atom. The SMILES string of the molecule is CCCCCCCCCCCCCCCCCCCn1cc[n+](CCCCCCCCCCCCCCC)c1C. The highest BCUT2D eigenvalue weighted by Crippen LogP contribution is 2.15. The van der Waals surface area contributed by atoms with E-state index in [4.69, 9.17) is 0 Å². The largest absolute Gasteiger partial charge is 0.253 e. The van der Waals surface area contributed by atoms with Crippen molar-refractivity contribution in [1.29, 1.82) is 0 Å². The lowest BCUT2D eigenvalue weighted by atomic mass is 10.0. The number of unbranched alkanes of at least 4 members (excludes halogenated alkanes) is 28. The third kappa shape index (κ3) is 22.8. The zero-order valence-corrected chi connectivity index (χ0v) is 28.2. The van der Waals surface area contributed by atoms with E-state index in [0.717, 1.165) is 0 Å². The Balaban J connectivity index is 1.86. The van der Waals surface area contributed by atoms with Gasteiger partial charge in [0.15, 0.2) is 0 Å². The van der Waals surface area contributed by atoms with E-state index >= 15 is 0 Å². The summed E-state index contributed by atoms with van der Waals surface area (Å²) in [7, 11) is 0. The molecule has 0 saturated carbocycles. The van der Waals surface area contributed by atoms with Gasteiger partial charge in [-0.3, -0.25) is 0 Å². The third-order valence-electron chi connectivity index (χ3n) is 9.26. The summed E-state index contributed by atoms with van der Waals surface area (Å²) in [4.78, 5) is 0. The molecule has 0 aliphatic heterocycles. The topological polar surface area (TPSA) is 8.81 Å². The van der Waals surface area contributed by atoms with Crippen LogP contribution in [0.3, 0.4) is 0 Å². The van der Waals surface area contributed by atoms with E-state index in [1.54, 1.807) is 0 Å². The van der Waals surface area contributed by atoms with Gasteiger partial charge >= 0.3 is 0 Å². The van der Waals surface area contributed by atoms with Gasteiger partial charge in [0, 0.05) is 6.92 Å². The molecular formula is C38H75N2+. The first-order valence-corrected chi connectivity index (χ1v) is 18.8. The molecular weight excluding hydrogens is 484 g/mol. The molecule has 0 unspecified atom stereocenters. The van der Waals surface area contributed by atoms with Crippen LogP contribution in [0.2, 0.25) is 0 Å². The van der Waals surface area contributed by atoms with Crippen LogP contribution in [0.15, 0.2) is 12.4 Å². The number of aromatic nitrogens is 2. The van der Waals surface area contributed by atoms with Crippen molar-refractivity contribution in [3.8, 4) is 0 Å². The second-order valence-electron chi connectivity index (χ2n) is 13.1. The van der Waals surface area contributed by atoms with E-state index in [2.05, 4.69) is 42.3 Å². The van der Waals surface area contributed by atoms with Crippen LogP contribution >= 0.6 is 0 Å². The van der Waals surface area contributed by atoms with Crippen molar-refractivity contribution < 1.29 is 4.57 Å². The molecule has 2 heteroatoms. The van der Waals surface area contributed by atoms with Crippen LogP contribution in [-0.4, -0.2) is 4.57 Å². The number of aryl methyl sites for hydroxylation is 2. The fourth-order valence-electron chi connectivity index (χ4n) is 6.32. The highest BCUT2D eigenvalue weighted by Gasteiger charge is 2.11. The van der Waals surface area contributed by atoms with Gasteiger partial charge in [-0.25, -0.2) is 9.13 Å².